The minimum Gasteiger partial charge on any atom is -0.507 e. The highest BCUT2D eigenvalue weighted by atomic mass is 19.2. The molecule has 11 nitrogen and oxygen atoms in total. The van der Waals surface area contributed by atoms with Crippen LogP contribution in [0.3, 0.4) is 0 Å². The molecule has 6 atom stereocenters. The second-order valence-electron chi connectivity index (χ2n) is 10.6. The van der Waals surface area contributed by atoms with Crippen LogP contribution in [0, 0.1) is 29.4 Å². The first-order valence-electron chi connectivity index (χ1n) is 14.0. The lowest BCUT2D eigenvalue weighted by atomic mass is 9.92. The average molecular weight is 648 g/mol. The SMILES string of the molecule is CC1OC(=O)C(Cc2ccccc2)OC(=O)C(C)C(O)C(Cc2c(F)nc(F)c(F)c2F)NC(=O)C1NC(=O)c1ccccc1O. The van der Waals surface area contributed by atoms with E-state index in [1.54, 1.807) is 30.3 Å². The molecule has 0 radical (unpaired) electrons. The van der Waals surface area contributed by atoms with Crippen LogP contribution in [0.4, 0.5) is 17.6 Å². The Kier molecular flexibility index (Phi) is 10.6. The van der Waals surface area contributed by atoms with E-state index < -0.39 is 101 Å². The van der Waals surface area contributed by atoms with Gasteiger partial charge in [-0.15, -0.1) is 0 Å². The van der Waals surface area contributed by atoms with Crippen molar-refractivity contribution in [3.63, 3.8) is 0 Å². The Labute approximate surface area is 259 Å². The first-order valence-corrected chi connectivity index (χ1v) is 14.0. The van der Waals surface area contributed by atoms with Gasteiger partial charge in [0.1, 0.15) is 17.9 Å². The smallest absolute Gasteiger partial charge is 0.348 e. The van der Waals surface area contributed by atoms with Gasteiger partial charge in [-0.3, -0.25) is 14.4 Å². The van der Waals surface area contributed by atoms with Crippen molar-refractivity contribution in [2.45, 2.75) is 57.1 Å². The molecule has 0 bridgehead atoms. The highest BCUT2D eigenvalue weighted by Gasteiger charge is 2.41. The quantitative estimate of drug-likeness (QED) is 0.179. The zero-order valence-corrected chi connectivity index (χ0v) is 24.4. The zero-order chi connectivity index (χ0) is 33.7. The van der Waals surface area contributed by atoms with Crippen LogP contribution in [0.25, 0.3) is 0 Å². The lowest BCUT2D eigenvalue weighted by Crippen LogP contribution is -2.59. The summed E-state index contributed by atoms with van der Waals surface area (Å²) < 4.78 is 67.5. The topological polar surface area (TPSA) is 164 Å². The highest BCUT2D eigenvalue weighted by Crippen LogP contribution is 2.23. The molecule has 0 aliphatic carbocycles. The van der Waals surface area contributed by atoms with Gasteiger partial charge in [0.05, 0.1) is 23.6 Å². The molecule has 1 fully saturated rings. The van der Waals surface area contributed by atoms with Crippen molar-refractivity contribution in [1.82, 2.24) is 15.6 Å². The van der Waals surface area contributed by atoms with E-state index in [4.69, 9.17) is 9.47 Å². The third kappa shape index (κ3) is 7.59. The Bertz CT molecular complexity index is 1630. The van der Waals surface area contributed by atoms with E-state index in [1.165, 1.54) is 31.2 Å². The average Bonchev–Trinajstić information content (AvgIpc) is 3.02. The van der Waals surface area contributed by atoms with Crippen molar-refractivity contribution in [2.75, 3.05) is 0 Å². The molecule has 1 saturated heterocycles. The number of phenolic OH excluding ortho intramolecular Hbond substituents is 1. The van der Waals surface area contributed by atoms with E-state index in [1.807, 2.05) is 0 Å². The van der Waals surface area contributed by atoms with Crippen molar-refractivity contribution in [3.05, 3.63) is 94.8 Å². The first kappa shape index (κ1) is 33.8. The molecule has 0 spiro atoms. The fraction of sp³-hybridized carbons (Fsp3) is 0.323. The van der Waals surface area contributed by atoms with E-state index in [-0.39, 0.29) is 12.0 Å². The Morgan fingerprint density at radius 2 is 1.54 bits per heavy atom. The number of cyclic esters (lactones) is 2. The van der Waals surface area contributed by atoms with Crippen LogP contribution in [0.15, 0.2) is 54.6 Å². The van der Waals surface area contributed by atoms with E-state index in [0.29, 0.717) is 5.56 Å². The van der Waals surface area contributed by atoms with Crippen molar-refractivity contribution >= 4 is 23.8 Å². The number of ether oxygens (including phenoxy) is 2. The number of benzene rings is 2. The first-order chi connectivity index (χ1) is 21.8. The summed E-state index contributed by atoms with van der Waals surface area (Å²) in [6.07, 6.45) is -6.35. The van der Waals surface area contributed by atoms with Gasteiger partial charge in [-0.25, -0.2) is 9.18 Å². The summed E-state index contributed by atoms with van der Waals surface area (Å²) in [6.45, 7) is 2.35. The standard InChI is InChI=1S/C31H29F4N3O8/c1-14-25(40)19(13-18-22(32)23(33)27(35)38-26(18)34)36-29(42)24(37-28(41)17-10-6-7-11-20(17)39)15(2)45-31(44)21(46-30(14)43)12-16-8-4-3-5-9-16/h3-11,14-15,19,21,24-25,39-40H,12-13H2,1-2H3,(H,36,42)(H,37,41). The number of rotatable bonds is 6. The number of pyridine rings is 1. The number of halogens is 4. The molecular weight excluding hydrogens is 618 g/mol. The molecule has 1 aliphatic heterocycles. The second kappa shape index (κ2) is 14.4. The molecule has 2 aromatic carbocycles. The maximum Gasteiger partial charge on any atom is 0.348 e. The van der Waals surface area contributed by atoms with Crippen molar-refractivity contribution in [3.8, 4) is 5.75 Å². The molecule has 2 amide bonds. The van der Waals surface area contributed by atoms with Gasteiger partial charge in [0, 0.05) is 18.4 Å². The molecule has 4 rings (SSSR count). The Balaban J connectivity index is 1.75. The Morgan fingerprint density at radius 1 is 0.891 bits per heavy atom. The maximum absolute atomic E-state index is 14.6. The van der Waals surface area contributed by atoms with E-state index in [9.17, 15) is 47.0 Å². The molecule has 3 aromatic rings. The highest BCUT2D eigenvalue weighted by molar-refractivity contribution is 6.00. The molecular formula is C31H29F4N3O8. The molecule has 1 aliphatic rings. The maximum atomic E-state index is 14.6. The number of amides is 2. The minimum absolute atomic E-state index is 0.192. The fourth-order valence-corrected chi connectivity index (χ4v) is 4.78. The van der Waals surface area contributed by atoms with E-state index in [0.717, 1.165) is 6.92 Å². The van der Waals surface area contributed by atoms with Crippen LogP contribution in [-0.2, 0) is 36.7 Å². The van der Waals surface area contributed by atoms with Gasteiger partial charge in [0.25, 0.3) is 11.9 Å². The van der Waals surface area contributed by atoms with Crippen LogP contribution >= 0.6 is 0 Å². The number of para-hydroxylation sites is 1. The Morgan fingerprint density at radius 3 is 2.22 bits per heavy atom. The number of carbonyl (C=O) groups is 4. The lowest BCUT2D eigenvalue weighted by molar-refractivity contribution is -0.177. The summed E-state index contributed by atoms with van der Waals surface area (Å²) in [5.74, 6) is -14.4. The molecule has 1 aromatic heterocycles. The van der Waals surface area contributed by atoms with Gasteiger partial charge in [-0.05, 0) is 31.5 Å². The van der Waals surface area contributed by atoms with Gasteiger partial charge < -0.3 is 30.3 Å². The van der Waals surface area contributed by atoms with Crippen LogP contribution in [0.1, 0.15) is 35.3 Å². The number of nitrogens with one attached hydrogen (secondary N) is 2. The molecule has 0 saturated carbocycles. The number of hydrogen-bond donors (Lipinski definition) is 4. The molecule has 244 valence electrons. The predicted molar refractivity (Wildman–Crippen MR) is 150 cm³/mol. The number of carbonyl (C=O) groups excluding carboxylic acids is 4. The molecule has 46 heavy (non-hydrogen) atoms. The molecule has 6 unspecified atom stereocenters. The monoisotopic (exact) mass is 647 g/mol. The summed E-state index contributed by atoms with van der Waals surface area (Å²) in [7, 11) is 0. The van der Waals surface area contributed by atoms with Gasteiger partial charge in [-0.2, -0.15) is 18.2 Å². The van der Waals surface area contributed by atoms with Gasteiger partial charge in [0.2, 0.25) is 23.8 Å². The zero-order valence-electron chi connectivity index (χ0n) is 24.4. The van der Waals surface area contributed by atoms with Crippen molar-refractivity contribution in [2.24, 2.45) is 5.92 Å². The number of aromatic hydroxyl groups is 1. The van der Waals surface area contributed by atoms with Gasteiger partial charge in [-0.1, -0.05) is 42.5 Å². The second-order valence-corrected chi connectivity index (χ2v) is 10.6. The summed E-state index contributed by atoms with van der Waals surface area (Å²) >= 11 is 0. The summed E-state index contributed by atoms with van der Waals surface area (Å²) in [5.41, 5.74) is -0.882. The van der Waals surface area contributed by atoms with Crippen LogP contribution in [0.5, 0.6) is 5.75 Å². The summed E-state index contributed by atoms with van der Waals surface area (Å²) in [5, 5.41) is 25.9. The number of hydrogen-bond acceptors (Lipinski definition) is 9. The summed E-state index contributed by atoms with van der Waals surface area (Å²) in [4.78, 5) is 55.8. The van der Waals surface area contributed by atoms with E-state index >= 15 is 0 Å². The van der Waals surface area contributed by atoms with Crippen molar-refractivity contribution < 1.29 is 56.4 Å². The predicted octanol–water partition coefficient (Wildman–Crippen LogP) is 2.27. The van der Waals surface area contributed by atoms with E-state index in [2.05, 4.69) is 15.6 Å². The lowest BCUT2D eigenvalue weighted by Gasteiger charge is -2.33. The number of aliphatic hydroxyl groups is 1. The van der Waals surface area contributed by atoms with Crippen LogP contribution in [0.2, 0.25) is 0 Å². The minimum atomic E-state index is -2.12. The van der Waals surface area contributed by atoms with Gasteiger partial charge >= 0.3 is 11.9 Å². The normalized spacial score (nSPS) is 24.1. The van der Waals surface area contributed by atoms with Gasteiger partial charge in [0.15, 0.2) is 5.82 Å². The number of nitrogens with zero attached hydrogens (tertiary/aromatic N) is 1. The molecule has 15 heteroatoms. The number of aliphatic hydroxyl groups excluding tert-OH is 1. The van der Waals surface area contributed by atoms with Crippen LogP contribution in [-0.4, -0.2) is 69.3 Å². The largest absolute Gasteiger partial charge is 0.507 e. The molecule has 2 heterocycles. The Hall–Kier alpha value is -5.05. The number of aromatic nitrogens is 1. The van der Waals surface area contributed by atoms with Crippen LogP contribution < -0.4 is 10.6 Å². The molecule has 4 N–H and O–H groups in total. The number of esters is 2. The fourth-order valence-electron chi connectivity index (χ4n) is 4.78. The third-order valence-electron chi connectivity index (χ3n) is 7.41. The number of phenols is 1. The van der Waals surface area contributed by atoms with Crippen molar-refractivity contribution in [1.29, 1.82) is 0 Å². The third-order valence-corrected chi connectivity index (χ3v) is 7.41. The summed E-state index contributed by atoms with van der Waals surface area (Å²) in [6, 6.07) is 10.0.